The number of aromatic hydroxyl groups is 1. The van der Waals surface area contributed by atoms with Gasteiger partial charge in [-0.25, -0.2) is 0 Å². The van der Waals surface area contributed by atoms with Crippen LogP contribution in [0.1, 0.15) is 48.2 Å². The van der Waals surface area contributed by atoms with E-state index >= 15 is 0 Å². The minimum Gasteiger partial charge on any atom is -0.508 e. The third-order valence-corrected chi connectivity index (χ3v) is 6.43. The molecule has 0 unspecified atom stereocenters. The van der Waals surface area contributed by atoms with Gasteiger partial charge in [-0.1, -0.05) is 0 Å². The number of carbonyl (C=O) groups is 4. The van der Waals surface area contributed by atoms with Crippen molar-refractivity contribution in [2.24, 2.45) is 11.8 Å². The quantitative estimate of drug-likeness (QED) is 0.424. The Morgan fingerprint density at radius 2 is 1.70 bits per heavy atom. The molecule has 0 radical (unpaired) electrons. The van der Waals surface area contributed by atoms with E-state index in [4.69, 9.17) is 0 Å². The maximum absolute atomic E-state index is 13.3. The predicted molar refractivity (Wildman–Crippen MR) is 103 cm³/mol. The lowest BCUT2D eigenvalue weighted by molar-refractivity contribution is -0.147. The minimum atomic E-state index is -2.51. The van der Waals surface area contributed by atoms with Gasteiger partial charge in [0.1, 0.15) is 22.8 Å². The molecule has 30 heavy (non-hydrogen) atoms. The zero-order valence-corrected chi connectivity index (χ0v) is 16.4. The number of allylic oxidation sites excluding steroid dienone is 1. The van der Waals surface area contributed by atoms with Crippen LogP contribution in [0.15, 0.2) is 29.0 Å². The van der Waals surface area contributed by atoms with E-state index in [2.05, 4.69) is 0 Å². The standard InChI is InChI=1S/C22H20O8/c1-8(23)12-3-4-14(25)18-13(12)6-10-5-11-7-15(26)16(9(2)24)20(28)22(11,30)21(29)17(10)19(18)27/h3-4,10-11,25,27-28,30H,5-7H2,1-2H3/t10-,11+,22-/m1/s1. The predicted octanol–water partition coefficient (Wildman–Crippen LogP) is 1.73. The molecule has 1 fully saturated rings. The molecular weight excluding hydrogens is 392 g/mol. The number of fused-ring (bicyclic) bond motifs is 3. The molecule has 3 atom stereocenters. The highest BCUT2D eigenvalue weighted by atomic mass is 16.3. The van der Waals surface area contributed by atoms with Gasteiger partial charge in [-0.05, 0) is 50.3 Å². The number of ketones is 4. The van der Waals surface area contributed by atoms with Gasteiger partial charge in [0.2, 0.25) is 5.78 Å². The Kier molecular flexibility index (Phi) is 4.25. The highest BCUT2D eigenvalue weighted by molar-refractivity contribution is 6.23. The summed E-state index contributed by atoms with van der Waals surface area (Å²) < 4.78 is 0. The number of benzene rings is 1. The van der Waals surface area contributed by atoms with Crippen LogP contribution < -0.4 is 0 Å². The third kappa shape index (κ3) is 2.43. The van der Waals surface area contributed by atoms with Crippen molar-refractivity contribution in [3.05, 3.63) is 45.7 Å². The number of rotatable bonds is 2. The van der Waals surface area contributed by atoms with Crippen molar-refractivity contribution >= 4 is 28.9 Å². The van der Waals surface area contributed by atoms with Crippen LogP contribution in [-0.4, -0.2) is 49.2 Å². The number of carbonyl (C=O) groups excluding carboxylic acids is 4. The van der Waals surface area contributed by atoms with E-state index < -0.39 is 51.9 Å². The SMILES string of the molecule is CC(=O)C1=C(O)[C@@]2(O)C(=O)C3=C(O)c4c(O)ccc(C(C)=O)c4C[C@H]3C[C@H]2CC1=O. The molecule has 1 saturated carbocycles. The second kappa shape index (κ2) is 6.37. The van der Waals surface area contributed by atoms with Crippen LogP contribution in [0.25, 0.3) is 5.76 Å². The van der Waals surface area contributed by atoms with Crippen molar-refractivity contribution in [1.82, 2.24) is 0 Å². The van der Waals surface area contributed by atoms with Gasteiger partial charge < -0.3 is 20.4 Å². The fraction of sp³-hybridized carbons (Fsp3) is 0.364. The summed E-state index contributed by atoms with van der Waals surface area (Å²) in [7, 11) is 0. The molecule has 4 N–H and O–H groups in total. The highest BCUT2D eigenvalue weighted by Gasteiger charge is 2.60. The van der Waals surface area contributed by atoms with Crippen molar-refractivity contribution in [2.45, 2.75) is 38.7 Å². The largest absolute Gasteiger partial charge is 0.508 e. The number of Topliss-reactive ketones (excluding diaryl/α,β-unsaturated/α-hetero) is 4. The van der Waals surface area contributed by atoms with Crippen molar-refractivity contribution < 1.29 is 39.6 Å². The van der Waals surface area contributed by atoms with Gasteiger partial charge in [0.05, 0.1) is 5.56 Å². The van der Waals surface area contributed by atoms with Crippen LogP contribution >= 0.6 is 0 Å². The first-order valence-corrected chi connectivity index (χ1v) is 9.54. The van der Waals surface area contributed by atoms with Gasteiger partial charge >= 0.3 is 0 Å². The van der Waals surface area contributed by atoms with Crippen LogP contribution in [0.5, 0.6) is 5.75 Å². The molecule has 3 aliphatic rings. The maximum atomic E-state index is 13.3. The Morgan fingerprint density at radius 1 is 1.03 bits per heavy atom. The van der Waals surface area contributed by atoms with Crippen LogP contribution in [0, 0.1) is 11.8 Å². The lowest BCUT2D eigenvalue weighted by Gasteiger charge is -2.46. The molecule has 0 aromatic heterocycles. The molecule has 0 saturated heterocycles. The minimum absolute atomic E-state index is 0.0634. The van der Waals surface area contributed by atoms with Crippen molar-refractivity contribution in [1.29, 1.82) is 0 Å². The van der Waals surface area contributed by atoms with Crippen molar-refractivity contribution in [3.63, 3.8) is 0 Å². The molecule has 3 aliphatic carbocycles. The smallest absolute Gasteiger partial charge is 0.202 e. The number of phenols is 1. The lowest BCUT2D eigenvalue weighted by Crippen LogP contribution is -2.57. The Hall–Kier alpha value is -3.26. The first kappa shape index (κ1) is 20.0. The summed E-state index contributed by atoms with van der Waals surface area (Å²) in [6.45, 7) is 2.40. The molecule has 4 rings (SSSR count). The lowest BCUT2D eigenvalue weighted by atomic mass is 9.59. The first-order chi connectivity index (χ1) is 14.0. The second-order valence-electron chi connectivity index (χ2n) is 8.14. The molecule has 8 heteroatoms. The first-order valence-electron chi connectivity index (χ1n) is 9.54. The Labute approximate surface area is 171 Å². The summed E-state index contributed by atoms with van der Waals surface area (Å²) in [5, 5.41) is 42.9. The van der Waals surface area contributed by atoms with E-state index in [0.717, 1.165) is 6.92 Å². The van der Waals surface area contributed by atoms with Gasteiger partial charge in [0.25, 0.3) is 0 Å². The number of aliphatic hydroxyl groups excluding tert-OH is 2. The van der Waals surface area contributed by atoms with E-state index in [-0.39, 0.29) is 41.9 Å². The third-order valence-electron chi connectivity index (χ3n) is 6.43. The normalized spacial score (nSPS) is 28.1. The summed E-state index contributed by atoms with van der Waals surface area (Å²) in [6, 6.07) is 2.68. The van der Waals surface area contributed by atoms with Gasteiger partial charge in [-0.15, -0.1) is 0 Å². The summed E-state index contributed by atoms with van der Waals surface area (Å²) in [6.07, 6.45) is -0.109. The molecule has 0 heterocycles. The van der Waals surface area contributed by atoms with E-state index in [9.17, 15) is 39.6 Å². The van der Waals surface area contributed by atoms with Crippen LogP contribution in [0.4, 0.5) is 0 Å². The summed E-state index contributed by atoms with van der Waals surface area (Å²) >= 11 is 0. The molecule has 1 aromatic rings. The van der Waals surface area contributed by atoms with E-state index in [1.165, 1.54) is 19.1 Å². The maximum Gasteiger partial charge on any atom is 0.202 e. The molecule has 0 aliphatic heterocycles. The fourth-order valence-corrected chi connectivity index (χ4v) is 5.06. The molecule has 1 aromatic carbocycles. The van der Waals surface area contributed by atoms with E-state index in [1.54, 1.807) is 0 Å². The molecule has 8 nitrogen and oxygen atoms in total. The van der Waals surface area contributed by atoms with Gasteiger partial charge in [0.15, 0.2) is 23.0 Å². The number of hydrogen-bond acceptors (Lipinski definition) is 8. The zero-order chi connectivity index (χ0) is 22.1. The number of aliphatic hydroxyl groups is 3. The molecule has 0 amide bonds. The van der Waals surface area contributed by atoms with Crippen LogP contribution in [0.2, 0.25) is 0 Å². The number of phenolic OH excluding ortho intramolecular Hbond substituents is 1. The van der Waals surface area contributed by atoms with Crippen molar-refractivity contribution in [2.75, 3.05) is 0 Å². The van der Waals surface area contributed by atoms with Gasteiger partial charge in [-0.2, -0.15) is 0 Å². The van der Waals surface area contributed by atoms with Crippen LogP contribution in [-0.2, 0) is 20.8 Å². The highest BCUT2D eigenvalue weighted by Crippen LogP contribution is 2.52. The zero-order valence-electron chi connectivity index (χ0n) is 16.4. The monoisotopic (exact) mass is 412 g/mol. The molecule has 0 spiro atoms. The second-order valence-corrected chi connectivity index (χ2v) is 8.14. The average molecular weight is 412 g/mol. The van der Waals surface area contributed by atoms with Gasteiger partial charge in [0, 0.05) is 23.5 Å². The topological polar surface area (TPSA) is 149 Å². The van der Waals surface area contributed by atoms with Gasteiger partial charge in [-0.3, -0.25) is 19.2 Å². The molecule has 156 valence electrons. The fourth-order valence-electron chi connectivity index (χ4n) is 5.06. The summed E-state index contributed by atoms with van der Waals surface area (Å²) in [5.41, 5.74) is -2.70. The Bertz CT molecular complexity index is 1120. The summed E-state index contributed by atoms with van der Waals surface area (Å²) in [5.74, 6) is -6.23. The summed E-state index contributed by atoms with van der Waals surface area (Å²) in [4.78, 5) is 49.5. The van der Waals surface area contributed by atoms with Crippen molar-refractivity contribution in [3.8, 4) is 5.75 Å². The number of hydrogen-bond donors (Lipinski definition) is 4. The Balaban J connectivity index is 1.96. The average Bonchev–Trinajstić information content (AvgIpc) is 2.64. The molecule has 0 bridgehead atoms. The van der Waals surface area contributed by atoms with E-state index in [1.807, 2.05) is 0 Å². The van der Waals surface area contributed by atoms with Crippen LogP contribution in [0.3, 0.4) is 0 Å². The molecular formula is C22H20O8. The van der Waals surface area contributed by atoms with E-state index in [0.29, 0.717) is 11.1 Å². The Morgan fingerprint density at radius 3 is 2.30 bits per heavy atom.